The SMILES string of the molecule is Cc1cc2nc3s/c(=C\c4cc(C)n(-c5ccccc5)c4-c4ccccc4)c(=O)n3c2cc1C. The molecule has 0 N–H and O–H groups in total. The van der Waals surface area contributed by atoms with Gasteiger partial charge in [0.15, 0.2) is 4.96 Å². The average Bonchev–Trinajstić information content (AvgIpc) is 3.46. The maximum absolute atomic E-state index is 13.5. The summed E-state index contributed by atoms with van der Waals surface area (Å²) in [5.74, 6) is 0. The van der Waals surface area contributed by atoms with E-state index in [1.807, 2.05) is 42.5 Å². The van der Waals surface area contributed by atoms with Gasteiger partial charge in [0.25, 0.3) is 5.56 Å². The van der Waals surface area contributed by atoms with Gasteiger partial charge in [0, 0.05) is 16.9 Å². The van der Waals surface area contributed by atoms with E-state index >= 15 is 0 Å². The number of benzene rings is 3. The Labute approximate surface area is 201 Å². The molecule has 3 aromatic carbocycles. The highest BCUT2D eigenvalue weighted by atomic mass is 32.1. The summed E-state index contributed by atoms with van der Waals surface area (Å²) in [4.78, 5) is 19.0. The van der Waals surface area contributed by atoms with Crippen LogP contribution in [0.25, 0.3) is 39.0 Å². The lowest BCUT2D eigenvalue weighted by atomic mass is 10.1. The third kappa shape index (κ3) is 3.20. The molecule has 4 nitrogen and oxygen atoms in total. The largest absolute Gasteiger partial charge is 0.313 e. The van der Waals surface area contributed by atoms with E-state index in [-0.39, 0.29) is 5.56 Å². The smallest absolute Gasteiger partial charge is 0.274 e. The van der Waals surface area contributed by atoms with Gasteiger partial charge in [0.1, 0.15) is 0 Å². The van der Waals surface area contributed by atoms with Crippen LogP contribution >= 0.6 is 11.3 Å². The Kier molecular flexibility index (Phi) is 4.74. The van der Waals surface area contributed by atoms with Crippen LogP contribution in [0, 0.1) is 20.8 Å². The van der Waals surface area contributed by atoms with Crippen molar-refractivity contribution in [1.82, 2.24) is 14.0 Å². The van der Waals surface area contributed by atoms with Crippen LogP contribution in [0.1, 0.15) is 22.4 Å². The highest BCUT2D eigenvalue weighted by Crippen LogP contribution is 2.31. The lowest BCUT2D eigenvalue weighted by Gasteiger charge is -2.13. The zero-order valence-corrected chi connectivity index (χ0v) is 20.1. The van der Waals surface area contributed by atoms with Crippen molar-refractivity contribution in [2.24, 2.45) is 0 Å². The van der Waals surface area contributed by atoms with Gasteiger partial charge in [-0.15, -0.1) is 0 Å². The number of aryl methyl sites for hydroxylation is 3. The van der Waals surface area contributed by atoms with E-state index in [2.05, 4.69) is 67.8 Å². The quantitative estimate of drug-likeness (QED) is 0.332. The first-order valence-corrected chi connectivity index (χ1v) is 12.1. The van der Waals surface area contributed by atoms with Crippen molar-refractivity contribution in [3.63, 3.8) is 0 Å². The molecule has 6 aromatic rings. The number of hydrogen-bond donors (Lipinski definition) is 0. The van der Waals surface area contributed by atoms with Gasteiger partial charge in [-0.25, -0.2) is 9.38 Å². The lowest BCUT2D eigenvalue weighted by molar-refractivity contribution is 1.02. The van der Waals surface area contributed by atoms with Crippen LogP contribution in [0.4, 0.5) is 0 Å². The maximum atomic E-state index is 13.5. The minimum absolute atomic E-state index is 0.0186. The lowest BCUT2D eigenvalue weighted by Crippen LogP contribution is -2.22. The molecule has 0 saturated carbocycles. The van der Waals surface area contributed by atoms with Gasteiger partial charge in [-0.05, 0) is 73.9 Å². The Morgan fingerprint density at radius 3 is 2.26 bits per heavy atom. The molecule has 0 amide bonds. The molecule has 3 heterocycles. The molecule has 0 aliphatic carbocycles. The molecule has 34 heavy (non-hydrogen) atoms. The van der Waals surface area contributed by atoms with Crippen molar-refractivity contribution in [3.05, 3.63) is 116 Å². The van der Waals surface area contributed by atoms with Crippen LogP contribution in [0.3, 0.4) is 0 Å². The molecule has 3 aromatic heterocycles. The molecule has 0 aliphatic heterocycles. The standard InChI is InChI=1S/C29H23N3OS/c1-18-14-24-25(15-19(18)2)32-28(33)26(34-29(32)30-24)17-22-16-20(3)31(23-12-8-5-9-13-23)27(22)21-10-6-4-7-11-21/h4-17H,1-3H3/b26-17-. The third-order valence-electron chi connectivity index (χ3n) is 6.42. The molecule has 0 atom stereocenters. The molecule has 0 aliphatic rings. The van der Waals surface area contributed by atoms with E-state index in [1.54, 1.807) is 4.40 Å². The topological polar surface area (TPSA) is 39.3 Å². The summed E-state index contributed by atoms with van der Waals surface area (Å²) >= 11 is 1.45. The van der Waals surface area contributed by atoms with Crippen molar-refractivity contribution in [2.45, 2.75) is 20.8 Å². The summed E-state index contributed by atoms with van der Waals surface area (Å²) in [5.41, 5.74) is 9.48. The fraction of sp³-hybridized carbons (Fsp3) is 0.103. The van der Waals surface area contributed by atoms with Gasteiger partial charge in [-0.1, -0.05) is 59.9 Å². The summed E-state index contributed by atoms with van der Waals surface area (Å²) in [7, 11) is 0. The van der Waals surface area contributed by atoms with Crippen molar-refractivity contribution >= 4 is 33.4 Å². The molecule has 0 saturated heterocycles. The number of aromatic nitrogens is 3. The monoisotopic (exact) mass is 461 g/mol. The van der Waals surface area contributed by atoms with Crippen molar-refractivity contribution in [2.75, 3.05) is 0 Å². The second-order valence-corrected chi connectivity index (χ2v) is 9.71. The molecular formula is C29H23N3OS. The number of nitrogens with zero attached hydrogens (tertiary/aromatic N) is 3. The van der Waals surface area contributed by atoms with Gasteiger partial charge >= 0.3 is 0 Å². The highest BCUT2D eigenvalue weighted by molar-refractivity contribution is 7.15. The molecule has 0 radical (unpaired) electrons. The predicted octanol–water partition coefficient (Wildman–Crippen LogP) is 5.84. The van der Waals surface area contributed by atoms with Crippen LogP contribution in [-0.2, 0) is 0 Å². The highest BCUT2D eigenvalue weighted by Gasteiger charge is 2.17. The first-order chi connectivity index (χ1) is 16.5. The first kappa shape index (κ1) is 20.6. The molecule has 6 rings (SSSR count). The minimum atomic E-state index is -0.0186. The Bertz CT molecular complexity index is 1790. The molecular weight excluding hydrogens is 438 g/mol. The first-order valence-electron chi connectivity index (χ1n) is 11.3. The number of rotatable bonds is 3. The second kappa shape index (κ2) is 7.82. The summed E-state index contributed by atoms with van der Waals surface area (Å²) in [6.45, 7) is 6.25. The van der Waals surface area contributed by atoms with E-state index in [0.717, 1.165) is 49.8 Å². The summed E-state index contributed by atoms with van der Waals surface area (Å²) in [5, 5.41) is 0. The van der Waals surface area contributed by atoms with Crippen molar-refractivity contribution < 1.29 is 0 Å². The van der Waals surface area contributed by atoms with E-state index in [9.17, 15) is 4.79 Å². The van der Waals surface area contributed by atoms with E-state index in [1.165, 1.54) is 16.9 Å². The van der Waals surface area contributed by atoms with Gasteiger partial charge in [0.05, 0.1) is 21.3 Å². The van der Waals surface area contributed by atoms with Crippen molar-refractivity contribution in [3.8, 4) is 16.9 Å². The van der Waals surface area contributed by atoms with Gasteiger partial charge < -0.3 is 4.57 Å². The van der Waals surface area contributed by atoms with Crippen LogP contribution in [-0.4, -0.2) is 14.0 Å². The Morgan fingerprint density at radius 1 is 0.853 bits per heavy atom. The second-order valence-electron chi connectivity index (χ2n) is 8.70. The molecule has 0 unspecified atom stereocenters. The zero-order chi connectivity index (χ0) is 23.4. The number of hydrogen-bond acceptors (Lipinski definition) is 3. The van der Waals surface area contributed by atoms with Gasteiger partial charge in [-0.3, -0.25) is 4.79 Å². The Hall–Kier alpha value is -3.96. The van der Waals surface area contributed by atoms with Gasteiger partial charge in [0.2, 0.25) is 0 Å². The number of imidazole rings is 1. The molecule has 5 heteroatoms. The van der Waals surface area contributed by atoms with Crippen LogP contribution in [0.2, 0.25) is 0 Å². The molecule has 0 bridgehead atoms. The Morgan fingerprint density at radius 2 is 1.53 bits per heavy atom. The molecule has 0 spiro atoms. The minimum Gasteiger partial charge on any atom is -0.313 e. The van der Waals surface area contributed by atoms with Crippen LogP contribution in [0.15, 0.2) is 83.7 Å². The fourth-order valence-corrected chi connectivity index (χ4v) is 5.61. The van der Waals surface area contributed by atoms with Crippen LogP contribution < -0.4 is 10.1 Å². The fourth-order valence-electron chi connectivity index (χ4n) is 4.63. The van der Waals surface area contributed by atoms with Gasteiger partial charge in [-0.2, -0.15) is 0 Å². The average molecular weight is 462 g/mol. The summed E-state index contributed by atoms with van der Waals surface area (Å²) < 4.78 is 4.69. The van der Waals surface area contributed by atoms with Crippen LogP contribution in [0.5, 0.6) is 0 Å². The van der Waals surface area contributed by atoms with E-state index in [0.29, 0.717) is 4.53 Å². The molecule has 0 fully saturated rings. The number of thiazole rings is 1. The number of para-hydroxylation sites is 1. The van der Waals surface area contributed by atoms with E-state index in [4.69, 9.17) is 4.98 Å². The number of fused-ring (bicyclic) bond motifs is 3. The maximum Gasteiger partial charge on any atom is 0.274 e. The summed E-state index contributed by atoms with van der Waals surface area (Å²) in [6, 6.07) is 27.0. The zero-order valence-electron chi connectivity index (χ0n) is 19.2. The summed E-state index contributed by atoms with van der Waals surface area (Å²) in [6.07, 6.45) is 2.02. The Balaban J connectivity index is 1.63. The third-order valence-corrected chi connectivity index (χ3v) is 7.39. The normalized spacial score (nSPS) is 12.3. The molecule has 166 valence electrons. The predicted molar refractivity (Wildman–Crippen MR) is 141 cm³/mol. The van der Waals surface area contributed by atoms with E-state index < -0.39 is 0 Å². The van der Waals surface area contributed by atoms with Crippen molar-refractivity contribution in [1.29, 1.82) is 0 Å².